The van der Waals surface area contributed by atoms with Gasteiger partial charge in [-0.05, 0) is 25.2 Å². The van der Waals surface area contributed by atoms with E-state index in [2.05, 4.69) is 0 Å². The number of hydrogen-bond acceptors (Lipinski definition) is 3. The van der Waals surface area contributed by atoms with Crippen LogP contribution in [0.1, 0.15) is 32.6 Å². The van der Waals surface area contributed by atoms with Crippen LogP contribution < -0.4 is 5.73 Å². The molecule has 2 N–H and O–H groups in total. The smallest absolute Gasteiger partial charge is 0.230 e. The first kappa shape index (κ1) is 9.65. The van der Waals surface area contributed by atoms with Crippen LogP contribution in [0.25, 0.3) is 0 Å². The van der Waals surface area contributed by atoms with Gasteiger partial charge in [0.15, 0.2) is 0 Å². The zero-order chi connectivity index (χ0) is 10.3. The van der Waals surface area contributed by atoms with Crippen molar-refractivity contribution in [1.29, 1.82) is 0 Å². The van der Waals surface area contributed by atoms with Gasteiger partial charge in [-0.25, -0.2) is 0 Å². The average molecular weight is 196 g/mol. The van der Waals surface area contributed by atoms with Gasteiger partial charge < -0.3 is 5.73 Å². The quantitative estimate of drug-likeness (QED) is 0.644. The molecule has 78 valence electrons. The van der Waals surface area contributed by atoms with Crippen molar-refractivity contribution < 1.29 is 9.59 Å². The summed E-state index contributed by atoms with van der Waals surface area (Å²) < 4.78 is 0. The molecule has 4 heteroatoms. The first-order valence-corrected chi connectivity index (χ1v) is 5.13. The molecule has 1 aliphatic carbocycles. The molecular weight excluding hydrogens is 180 g/mol. The first-order valence-electron chi connectivity index (χ1n) is 5.13. The van der Waals surface area contributed by atoms with Gasteiger partial charge in [0.2, 0.25) is 11.8 Å². The van der Waals surface area contributed by atoms with E-state index in [9.17, 15) is 9.59 Å². The van der Waals surface area contributed by atoms with Crippen LogP contribution >= 0.6 is 0 Å². The molecule has 0 aromatic heterocycles. The van der Waals surface area contributed by atoms with Gasteiger partial charge in [-0.15, -0.1) is 0 Å². The number of amides is 2. The molecule has 0 aromatic carbocycles. The Hall–Kier alpha value is -0.900. The zero-order valence-corrected chi connectivity index (χ0v) is 8.45. The van der Waals surface area contributed by atoms with E-state index in [1.54, 1.807) is 0 Å². The Labute approximate surface area is 83.4 Å². The molecule has 1 heterocycles. The molecule has 2 fully saturated rings. The van der Waals surface area contributed by atoms with E-state index in [1.165, 1.54) is 4.90 Å². The van der Waals surface area contributed by atoms with Gasteiger partial charge in [-0.1, -0.05) is 0 Å². The minimum absolute atomic E-state index is 0.0308. The monoisotopic (exact) mass is 196 g/mol. The highest BCUT2D eigenvalue weighted by molar-refractivity contribution is 5.99. The van der Waals surface area contributed by atoms with E-state index < -0.39 is 0 Å². The summed E-state index contributed by atoms with van der Waals surface area (Å²) in [7, 11) is 0. The Kier molecular flexibility index (Phi) is 2.10. The molecule has 1 saturated heterocycles. The molecule has 1 saturated carbocycles. The SMILES string of the molecule is CC(CN)N1C(=O)CC2(CC2)CC1=O. The highest BCUT2D eigenvalue weighted by Crippen LogP contribution is 2.54. The van der Waals surface area contributed by atoms with Gasteiger partial charge in [0, 0.05) is 25.4 Å². The maximum Gasteiger partial charge on any atom is 0.230 e. The highest BCUT2D eigenvalue weighted by atomic mass is 16.2. The number of carbonyl (C=O) groups excluding carboxylic acids is 2. The molecule has 2 amide bonds. The molecule has 2 aliphatic rings. The molecule has 1 aliphatic heterocycles. The first-order chi connectivity index (χ1) is 6.58. The molecule has 4 nitrogen and oxygen atoms in total. The van der Waals surface area contributed by atoms with Crippen LogP contribution in [0, 0.1) is 5.41 Å². The summed E-state index contributed by atoms with van der Waals surface area (Å²) in [5.41, 5.74) is 5.52. The Morgan fingerprint density at radius 2 is 1.86 bits per heavy atom. The lowest BCUT2D eigenvalue weighted by Crippen LogP contribution is -2.51. The summed E-state index contributed by atoms with van der Waals surface area (Å²) in [6.45, 7) is 2.17. The second kappa shape index (κ2) is 3.05. The van der Waals surface area contributed by atoms with Crippen LogP contribution in [-0.4, -0.2) is 29.3 Å². The maximum absolute atomic E-state index is 11.7. The molecule has 14 heavy (non-hydrogen) atoms. The third-order valence-electron chi connectivity index (χ3n) is 3.33. The van der Waals surface area contributed by atoms with Crippen LogP contribution in [-0.2, 0) is 9.59 Å². The fourth-order valence-corrected chi connectivity index (χ4v) is 2.14. The van der Waals surface area contributed by atoms with Crippen molar-refractivity contribution in [3.05, 3.63) is 0 Å². The van der Waals surface area contributed by atoms with Gasteiger partial charge in [-0.3, -0.25) is 14.5 Å². The number of likely N-dealkylation sites (tertiary alicyclic amines) is 1. The van der Waals surface area contributed by atoms with Crippen molar-refractivity contribution >= 4 is 11.8 Å². The normalized spacial score (nSPS) is 26.9. The average Bonchev–Trinajstić information content (AvgIpc) is 2.82. The second-order valence-electron chi connectivity index (χ2n) is 4.60. The van der Waals surface area contributed by atoms with Gasteiger partial charge in [-0.2, -0.15) is 0 Å². The lowest BCUT2D eigenvalue weighted by Gasteiger charge is -2.33. The number of carbonyl (C=O) groups is 2. The third kappa shape index (κ3) is 1.43. The number of hydrogen-bond donors (Lipinski definition) is 1. The number of nitrogens with two attached hydrogens (primary N) is 1. The number of imide groups is 1. The van der Waals surface area contributed by atoms with E-state index in [1.807, 2.05) is 6.92 Å². The molecule has 0 radical (unpaired) electrons. The zero-order valence-electron chi connectivity index (χ0n) is 8.45. The van der Waals surface area contributed by atoms with Gasteiger partial charge in [0.05, 0.1) is 0 Å². The lowest BCUT2D eigenvalue weighted by atomic mass is 9.91. The largest absolute Gasteiger partial charge is 0.328 e. The standard InChI is InChI=1S/C10H16N2O2/c1-7(6-11)12-8(13)4-10(2-3-10)5-9(12)14/h7H,2-6,11H2,1H3. The second-order valence-corrected chi connectivity index (χ2v) is 4.60. The molecule has 1 atom stereocenters. The van der Waals surface area contributed by atoms with Crippen LogP contribution in [0.5, 0.6) is 0 Å². The molecule has 0 bridgehead atoms. The van der Waals surface area contributed by atoms with E-state index in [-0.39, 0.29) is 23.3 Å². The van der Waals surface area contributed by atoms with Crippen LogP contribution in [0.15, 0.2) is 0 Å². The van der Waals surface area contributed by atoms with Crippen molar-refractivity contribution in [2.24, 2.45) is 11.1 Å². The summed E-state index contributed by atoms with van der Waals surface area (Å²) in [6.07, 6.45) is 3.16. The van der Waals surface area contributed by atoms with Crippen molar-refractivity contribution in [3.8, 4) is 0 Å². The molecule has 2 rings (SSSR count). The summed E-state index contributed by atoms with van der Waals surface area (Å²) in [6, 6.07) is -0.147. The summed E-state index contributed by atoms with van der Waals surface area (Å²) in [4.78, 5) is 24.8. The fourth-order valence-electron chi connectivity index (χ4n) is 2.14. The van der Waals surface area contributed by atoms with Crippen LogP contribution in [0.3, 0.4) is 0 Å². The minimum atomic E-state index is -0.147. The summed E-state index contributed by atoms with van der Waals surface area (Å²) in [5.74, 6) is -0.0617. The Morgan fingerprint density at radius 3 is 2.21 bits per heavy atom. The summed E-state index contributed by atoms with van der Waals surface area (Å²) in [5, 5.41) is 0. The van der Waals surface area contributed by atoms with Gasteiger partial charge in [0.1, 0.15) is 0 Å². The van der Waals surface area contributed by atoms with Gasteiger partial charge in [0.25, 0.3) is 0 Å². The van der Waals surface area contributed by atoms with Crippen molar-refractivity contribution in [1.82, 2.24) is 4.90 Å². The van der Waals surface area contributed by atoms with Crippen molar-refractivity contribution in [3.63, 3.8) is 0 Å². The Balaban J connectivity index is 2.12. The fraction of sp³-hybridized carbons (Fsp3) is 0.800. The molecular formula is C10H16N2O2. The highest BCUT2D eigenvalue weighted by Gasteiger charge is 2.51. The van der Waals surface area contributed by atoms with E-state index in [0.717, 1.165) is 12.8 Å². The van der Waals surface area contributed by atoms with E-state index >= 15 is 0 Å². The van der Waals surface area contributed by atoms with E-state index in [4.69, 9.17) is 5.73 Å². The van der Waals surface area contributed by atoms with E-state index in [0.29, 0.717) is 19.4 Å². The summed E-state index contributed by atoms with van der Waals surface area (Å²) >= 11 is 0. The maximum atomic E-state index is 11.7. The third-order valence-corrected chi connectivity index (χ3v) is 3.33. The Morgan fingerprint density at radius 1 is 1.36 bits per heavy atom. The predicted molar refractivity (Wildman–Crippen MR) is 51.3 cm³/mol. The predicted octanol–water partition coefficient (Wildman–Crippen LogP) is 0.263. The van der Waals surface area contributed by atoms with Crippen LogP contribution in [0.2, 0.25) is 0 Å². The Bertz CT molecular complexity index is 264. The minimum Gasteiger partial charge on any atom is -0.328 e. The molecule has 1 spiro atoms. The molecule has 0 aromatic rings. The van der Waals surface area contributed by atoms with Crippen molar-refractivity contribution in [2.45, 2.75) is 38.6 Å². The number of nitrogens with zero attached hydrogens (tertiary/aromatic N) is 1. The lowest BCUT2D eigenvalue weighted by molar-refractivity contribution is -0.153. The van der Waals surface area contributed by atoms with Crippen LogP contribution in [0.4, 0.5) is 0 Å². The van der Waals surface area contributed by atoms with Gasteiger partial charge >= 0.3 is 0 Å². The topological polar surface area (TPSA) is 63.4 Å². The van der Waals surface area contributed by atoms with Crippen molar-refractivity contribution in [2.75, 3.05) is 6.54 Å². The number of rotatable bonds is 2. The number of piperidine rings is 1. The molecule has 1 unspecified atom stereocenters.